The van der Waals surface area contributed by atoms with Gasteiger partial charge in [-0.2, -0.15) is 5.26 Å². The highest BCUT2D eigenvalue weighted by atomic mass is 15.4. The molecule has 0 saturated carbocycles. The largest absolute Gasteiger partial charge is 0.301 e. The van der Waals surface area contributed by atoms with Crippen LogP contribution in [-0.4, -0.2) is 0 Å². The van der Waals surface area contributed by atoms with Crippen molar-refractivity contribution in [2.45, 2.75) is 13.8 Å². The van der Waals surface area contributed by atoms with E-state index in [4.69, 9.17) is 5.26 Å². The smallest absolute Gasteiger partial charge is 0.0992 e. The summed E-state index contributed by atoms with van der Waals surface area (Å²) in [5.41, 5.74) is 8.57. The normalized spacial score (nSPS) is 8.50. The van der Waals surface area contributed by atoms with E-state index in [0.717, 1.165) is 11.4 Å². The fourth-order valence-electron chi connectivity index (χ4n) is 1.33. The van der Waals surface area contributed by atoms with Crippen LogP contribution in [0.4, 0.5) is 11.4 Å². The monoisotopic (exact) mass is 239 g/mol. The molecule has 0 amide bonds. The van der Waals surface area contributed by atoms with Crippen LogP contribution in [-0.2, 0) is 0 Å². The van der Waals surface area contributed by atoms with Gasteiger partial charge in [0.15, 0.2) is 0 Å². The van der Waals surface area contributed by atoms with Gasteiger partial charge >= 0.3 is 0 Å². The summed E-state index contributed by atoms with van der Waals surface area (Å²) in [5, 5.41) is 8.75. The van der Waals surface area contributed by atoms with Crippen LogP contribution in [0.15, 0.2) is 54.6 Å². The van der Waals surface area contributed by atoms with Crippen molar-refractivity contribution in [3.05, 3.63) is 60.2 Å². The van der Waals surface area contributed by atoms with Gasteiger partial charge in [-0.05, 0) is 30.3 Å². The Kier molecular flexibility index (Phi) is 5.85. The second-order valence-corrected chi connectivity index (χ2v) is 3.31. The highest BCUT2D eigenvalue weighted by molar-refractivity contribution is 5.54. The van der Waals surface area contributed by atoms with Crippen LogP contribution in [0.1, 0.15) is 19.4 Å². The van der Waals surface area contributed by atoms with Crippen molar-refractivity contribution in [3.8, 4) is 6.07 Å². The minimum atomic E-state index is 0.639. The highest BCUT2D eigenvalue weighted by Crippen LogP contribution is 2.11. The Labute approximate surface area is 108 Å². The Bertz CT molecular complexity index is 501. The lowest BCUT2D eigenvalue weighted by Gasteiger charge is -2.09. The van der Waals surface area contributed by atoms with Crippen LogP contribution >= 0.6 is 0 Å². The van der Waals surface area contributed by atoms with Crippen LogP contribution in [0.3, 0.4) is 0 Å². The molecule has 92 valence electrons. The first-order valence-electron chi connectivity index (χ1n) is 5.96. The van der Waals surface area contributed by atoms with Gasteiger partial charge in [-0.3, -0.25) is 0 Å². The Morgan fingerprint density at radius 2 is 1.44 bits per heavy atom. The third-order valence-electron chi connectivity index (χ3n) is 2.12. The molecule has 0 aliphatic rings. The predicted octanol–water partition coefficient (Wildman–Crippen LogP) is 4.02. The van der Waals surface area contributed by atoms with Crippen LogP contribution < -0.4 is 10.9 Å². The number of hydrazine groups is 1. The van der Waals surface area contributed by atoms with Gasteiger partial charge in [-0.1, -0.05) is 38.1 Å². The molecule has 2 aromatic carbocycles. The summed E-state index contributed by atoms with van der Waals surface area (Å²) in [6.07, 6.45) is 0. The van der Waals surface area contributed by atoms with E-state index in [0.29, 0.717) is 5.56 Å². The predicted molar refractivity (Wildman–Crippen MR) is 76.2 cm³/mol. The maximum absolute atomic E-state index is 8.75. The molecule has 0 aromatic heterocycles. The standard InChI is InChI=1S/C13H11N3.C2H6/c14-10-11-5-4-8-13(9-11)16-15-12-6-2-1-3-7-12;1-2/h1-9,15-16H;1-2H3. The van der Waals surface area contributed by atoms with Crippen LogP contribution in [0.2, 0.25) is 0 Å². The average molecular weight is 239 g/mol. The fourth-order valence-corrected chi connectivity index (χ4v) is 1.33. The first-order chi connectivity index (χ1) is 8.88. The number of benzene rings is 2. The van der Waals surface area contributed by atoms with Crippen molar-refractivity contribution < 1.29 is 0 Å². The number of nitriles is 1. The Hall–Kier alpha value is -2.47. The van der Waals surface area contributed by atoms with Crippen molar-refractivity contribution in [2.75, 3.05) is 10.9 Å². The molecule has 0 aliphatic heterocycles. The fraction of sp³-hybridized carbons (Fsp3) is 0.133. The summed E-state index contributed by atoms with van der Waals surface area (Å²) in [6.45, 7) is 4.00. The van der Waals surface area contributed by atoms with Gasteiger partial charge in [0, 0.05) is 0 Å². The number of hydrogen-bond donors (Lipinski definition) is 2. The first-order valence-corrected chi connectivity index (χ1v) is 5.96. The zero-order chi connectivity index (χ0) is 13.2. The topological polar surface area (TPSA) is 47.9 Å². The first kappa shape index (κ1) is 13.6. The molecule has 0 unspecified atom stereocenters. The van der Waals surface area contributed by atoms with Crippen LogP contribution in [0.5, 0.6) is 0 Å². The van der Waals surface area contributed by atoms with E-state index in [-0.39, 0.29) is 0 Å². The van der Waals surface area contributed by atoms with E-state index in [2.05, 4.69) is 16.9 Å². The second-order valence-electron chi connectivity index (χ2n) is 3.31. The SMILES string of the molecule is CC.N#Cc1cccc(NNc2ccccc2)c1. The summed E-state index contributed by atoms with van der Waals surface area (Å²) in [6, 6.07) is 19.2. The van der Waals surface area contributed by atoms with Crippen molar-refractivity contribution in [1.82, 2.24) is 0 Å². The number of nitrogens with one attached hydrogen (secondary N) is 2. The van der Waals surface area contributed by atoms with Gasteiger partial charge in [0.25, 0.3) is 0 Å². The third kappa shape index (κ3) is 4.18. The highest BCUT2D eigenvalue weighted by Gasteiger charge is 1.93. The zero-order valence-electron chi connectivity index (χ0n) is 10.6. The quantitative estimate of drug-likeness (QED) is 0.795. The molecule has 0 aliphatic carbocycles. The van der Waals surface area contributed by atoms with Gasteiger partial charge in [0.05, 0.1) is 23.0 Å². The van der Waals surface area contributed by atoms with Crippen LogP contribution in [0.25, 0.3) is 0 Å². The molecular weight excluding hydrogens is 222 g/mol. The zero-order valence-corrected chi connectivity index (χ0v) is 10.6. The summed E-state index contributed by atoms with van der Waals surface area (Å²) in [5.74, 6) is 0. The van der Waals surface area contributed by atoms with Gasteiger partial charge in [0.1, 0.15) is 0 Å². The van der Waals surface area contributed by atoms with E-state index in [9.17, 15) is 0 Å². The van der Waals surface area contributed by atoms with E-state index in [1.807, 2.05) is 56.3 Å². The molecule has 0 saturated heterocycles. The Balaban J connectivity index is 0.000000771. The summed E-state index contributed by atoms with van der Waals surface area (Å²) < 4.78 is 0. The molecule has 2 aromatic rings. The van der Waals surface area contributed by atoms with Gasteiger partial charge < -0.3 is 10.9 Å². The molecule has 3 nitrogen and oxygen atoms in total. The molecule has 18 heavy (non-hydrogen) atoms. The molecule has 0 heterocycles. The lowest BCUT2D eigenvalue weighted by atomic mass is 10.2. The van der Waals surface area contributed by atoms with Crippen molar-refractivity contribution in [1.29, 1.82) is 5.26 Å². The number of rotatable bonds is 3. The van der Waals surface area contributed by atoms with Gasteiger partial charge in [-0.15, -0.1) is 0 Å². The molecular formula is C15H17N3. The third-order valence-corrected chi connectivity index (χ3v) is 2.12. The van der Waals surface area contributed by atoms with E-state index in [1.165, 1.54) is 0 Å². The van der Waals surface area contributed by atoms with Crippen molar-refractivity contribution in [2.24, 2.45) is 0 Å². The maximum atomic E-state index is 8.75. The molecule has 0 spiro atoms. The van der Waals surface area contributed by atoms with E-state index < -0.39 is 0 Å². The molecule has 0 bridgehead atoms. The molecule has 0 fully saturated rings. The summed E-state index contributed by atoms with van der Waals surface area (Å²) in [7, 11) is 0. The van der Waals surface area contributed by atoms with E-state index >= 15 is 0 Å². The number of anilines is 2. The maximum Gasteiger partial charge on any atom is 0.0992 e. The Morgan fingerprint density at radius 1 is 0.833 bits per heavy atom. The van der Waals surface area contributed by atoms with Gasteiger partial charge in [-0.25, -0.2) is 0 Å². The number of para-hydroxylation sites is 1. The minimum Gasteiger partial charge on any atom is -0.301 e. The Morgan fingerprint density at radius 3 is 2.11 bits per heavy atom. The molecule has 2 N–H and O–H groups in total. The molecule has 3 heteroatoms. The molecule has 2 rings (SSSR count). The lowest BCUT2D eigenvalue weighted by molar-refractivity contribution is 1.40. The van der Waals surface area contributed by atoms with E-state index in [1.54, 1.807) is 12.1 Å². The summed E-state index contributed by atoms with van der Waals surface area (Å²) >= 11 is 0. The minimum absolute atomic E-state index is 0.639. The van der Waals surface area contributed by atoms with Crippen molar-refractivity contribution in [3.63, 3.8) is 0 Å². The molecule has 0 atom stereocenters. The van der Waals surface area contributed by atoms with Crippen molar-refractivity contribution >= 4 is 11.4 Å². The lowest BCUT2D eigenvalue weighted by Crippen LogP contribution is -2.08. The van der Waals surface area contributed by atoms with Gasteiger partial charge in [0.2, 0.25) is 0 Å². The van der Waals surface area contributed by atoms with Crippen LogP contribution in [0, 0.1) is 11.3 Å². The number of hydrogen-bond acceptors (Lipinski definition) is 3. The number of nitrogens with zero attached hydrogens (tertiary/aromatic N) is 1. The summed E-state index contributed by atoms with van der Waals surface area (Å²) in [4.78, 5) is 0. The second kappa shape index (κ2) is 7.75. The average Bonchev–Trinajstić information content (AvgIpc) is 2.48. The molecule has 0 radical (unpaired) electrons.